The van der Waals surface area contributed by atoms with Crippen LogP contribution in [0.25, 0.3) is 0 Å². The molecule has 1 amide bonds. The number of carboxylic acids is 1. The maximum absolute atomic E-state index is 13.7. The Morgan fingerprint density at radius 2 is 2.15 bits per heavy atom. The van der Waals surface area contributed by atoms with Crippen molar-refractivity contribution in [3.05, 3.63) is 34.1 Å². The van der Waals surface area contributed by atoms with Crippen molar-refractivity contribution in [2.45, 2.75) is 12.5 Å². The second kappa shape index (κ2) is 5.49. The van der Waals surface area contributed by atoms with Crippen molar-refractivity contribution in [3.63, 3.8) is 0 Å². The molecule has 20 heavy (non-hydrogen) atoms. The number of rotatable bonds is 4. The Kier molecular flexibility index (Phi) is 4.10. The van der Waals surface area contributed by atoms with Gasteiger partial charge in [0.1, 0.15) is 18.0 Å². The van der Waals surface area contributed by atoms with Crippen LogP contribution in [-0.2, 0) is 9.53 Å². The van der Waals surface area contributed by atoms with Crippen molar-refractivity contribution in [2.75, 3.05) is 19.7 Å². The maximum atomic E-state index is 13.7. The van der Waals surface area contributed by atoms with Gasteiger partial charge in [-0.15, -0.1) is 0 Å². The van der Waals surface area contributed by atoms with Gasteiger partial charge in [0.25, 0.3) is 5.91 Å². The van der Waals surface area contributed by atoms with Crippen molar-refractivity contribution in [2.24, 2.45) is 0 Å². The predicted molar refractivity (Wildman–Crippen MR) is 72.0 cm³/mol. The van der Waals surface area contributed by atoms with Crippen LogP contribution in [0.2, 0.25) is 0 Å². The van der Waals surface area contributed by atoms with Crippen molar-refractivity contribution in [1.82, 2.24) is 4.90 Å². The smallest absolute Gasteiger partial charge is 0.329 e. The fraction of sp³-hybridized carbons (Fsp3) is 0.385. The summed E-state index contributed by atoms with van der Waals surface area (Å²) in [4.78, 5) is 23.9. The van der Waals surface area contributed by atoms with E-state index in [2.05, 4.69) is 15.9 Å². The molecule has 2 rings (SSSR count). The van der Waals surface area contributed by atoms with Crippen LogP contribution in [0.3, 0.4) is 0 Å². The molecular formula is C13H13BrFNO4. The average molecular weight is 346 g/mol. The molecule has 1 aromatic rings. The van der Waals surface area contributed by atoms with E-state index in [1.807, 2.05) is 0 Å². The number of carbonyl (C=O) groups is 2. The van der Waals surface area contributed by atoms with Gasteiger partial charge < -0.3 is 14.7 Å². The Morgan fingerprint density at radius 3 is 2.70 bits per heavy atom. The van der Waals surface area contributed by atoms with Crippen LogP contribution in [0.15, 0.2) is 22.7 Å². The molecule has 0 saturated carbocycles. The fourth-order valence-electron chi connectivity index (χ4n) is 2.07. The molecule has 0 atom stereocenters. The normalized spacial score (nSPS) is 16.6. The Bertz CT molecular complexity index is 557. The van der Waals surface area contributed by atoms with E-state index in [9.17, 15) is 14.0 Å². The van der Waals surface area contributed by atoms with Gasteiger partial charge in [-0.05, 0) is 25.1 Å². The number of hydrogen-bond donors (Lipinski definition) is 1. The summed E-state index contributed by atoms with van der Waals surface area (Å²) in [5.74, 6) is -2.08. The molecule has 0 aliphatic carbocycles. The SMILES string of the molecule is CC1(OCC(=O)O)CN(C(=O)c2ccc(Br)cc2F)C1. The minimum absolute atomic E-state index is 0.00603. The van der Waals surface area contributed by atoms with Gasteiger partial charge in [-0.1, -0.05) is 15.9 Å². The molecule has 1 aliphatic rings. The zero-order chi connectivity index (χ0) is 14.9. The van der Waals surface area contributed by atoms with E-state index >= 15 is 0 Å². The fourth-order valence-corrected chi connectivity index (χ4v) is 2.40. The van der Waals surface area contributed by atoms with E-state index in [0.717, 1.165) is 0 Å². The predicted octanol–water partition coefficient (Wildman–Crippen LogP) is 1.90. The van der Waals surface area contributed by atoms with Crippen LogP contribution < -0.4 is 0 Å². The Hall–Kier alpha value is -1.47. The van der Waals surface area contributed by atoms with Crippen LogP contribution in [0.5, 0.6) is 0 Å². The van der Waals surface area contributed by atoms with Crippen molar-refractivity contribution < 1.29 is 23.8 Å². The topological polar surface area (TPSA) is 66.8 Å². The monoisotopic (exact) mass is 345 g/mol. The Morgan fingerprint density at radius 1 is 1.50 bits per heavy atom. The zero-order valence-electron chi connectivity index (χ0n) is 10.7. The molecule has 0 radical (unpaired) electrons. The first kappa shape index (κ1) is 14.9. The summed E-state index contributed by atoms with van der Waals surface area (Å²) in [6, 6.07) is 4.24. The number of aliphatic carboxylic acids is 1. The first-order chi connectivity index (χ1) is 9.31. The summed E-state index contributed by atoms with van der Waals surface area (Å²) in [6.45, 7) is 1.80. The molecule has 1 heterocycles. The highest BCUT2D eigenvalue weighted by molar-refractivity contribution is 9.10. The second-order valence-corrected chi connectivity index (χ2v) is 5.83. The first-order valence-corrected chi connectivity index (χ1v) is 6.70. The van der Waals surface area contributed by atoms with E-state index in [1.54, 1.807) is 13.0 Å². The summed E-state index contributed by atoms with van der Waals surface area (Å²) in [5.41, 5.74) is -0.687. The second-order valence-electron chi connectivity index (χ2n) is 4.92. The number of nitrogens with zero attached hydrogens (tertiary/aromatic N) is 1. The minimum atomic E-state index is -1.06. The lowest BCUT2D eigenvalue weighted by molar-refractivity contribution is -0.159. The third kappa shape index (κ3) is 3.16. The number of halogens is 2. The lowest BCUT2D eigenvalue weighted by Crippen LogP contribution is -2.63. The molecule has 1 N–H and O–H groups in total. The number of amides is 1. The summed E-state index contributed by atoms with van der Waals surface area (Å²) >= 11 is 3.13. The Balaban J connectivity index is 1.98. The lowest BCUT2D eigenvalue weighted by Gasteiger charge is -2.47. The Labute approximate surface area is 123 Å². The molecular weight excluding hydrogens is 333 g/mol. The molecule has 5 nitrogen and oxygen atoms in total. The molecule has 1 aromatic carbocycles. The quantitative estimate of drug-likeness (QED) is 0.904. The van der Waals surface area contributed by atoms with Crippen molar-refractivity contribution in [3.8, 4) is 0 Å². The van der Waals surface area contributed by atoms with Gasteiger partial charge in [-0.2, -0.15) is 0 Å². The van der Waals surface area contributed by atoms with Crippen molar-refractivity contribution in [1.29, 1.82) is 0 Å². The molecule has 7 heteroatoms. The molecule has 0 bridgehead atoms. The van der Waals surface area contributed by atoms with Crippen LogP contribution >= 0.6 is 15.9 Å². The largest absolute Gasteiger partial charge is 0.480 e. The van der Waals surface area contributed by atoms with E-state index in [0.29, 0.717) is 4.47 Å². The molecule has 1 aliphatic heterocycles. The number of ether oxygens (including phenoxy) is 1. The number of hydrogen-bond acceptors (Lipinski definition) is 3. The number of carbonyl (C=O) groups excluding carboxylic acids is 1. The lowest BCUT2D eigenvalue weighted by atomic mass is 9.95. The van der Waals surface area contributed by atoms with E-state index in [-0.39, 0.29) is 18.7 Å². The first-order valence-electron chi connectivity index (χ1n) is 5.91. The highest BCUT2D eigenvalue weighted by Crippen LogP contribution is 2.27. The summed E-state index contributed by atoms with van der Waals surface area (Å²) in [7, 11) is 0. The van der Waals surface area contributed by atoms with Gasteiger partial charge in [-0.25, -0.2) is 9.18 Å². The zero-order valence-corrected chi connectivity index (χ0v) is 12.3. The molecule has 0 aromatic heterocycles. The van der Waals surface area contributed by atoms with Gasteiger partial charge in [0.05, 0.1) is 18.7 Å². The van der Waals surface area contributed by atoms with Crippen LogP contribution in [-0.4, -0.2) is 47.2 Å². The molecule has 108 valence electrons. The molecule has 1 fully saturated rings. The van der Waals surface area contributed by atoms with Crippen LogP contribution in [0.4, 0.5) is 4.39 Å². The number of carboxylic acid groups (broad SMARTS) is 1. The summed E-state index contributed by atoms with van der Waals surface area (Å²) in [6.07, 6.45) is 0. The number of likely N-dealkylation sites (tertiary alicyclic amines) is 1. The molecule has 1 saturated heterocycles. The maximum Gasteiger partial charge on any atom is 0.329 e. The van der Waals surface area contributed by atoms with Crippen molar-refractivity contribution >= 4 is 27.8 Å². The van der Waals surface area contributed by atoms with Gasteiger partial charge >= 0.3 is 5.97 Å². The number of benzene rings is 1. The molecule has 0 spiro atoms. The standard InChI is InChI=1S/C13H13BrFNO4/c1-13(20-5-11(17)18)6-16(7-13)12(19)9-3-2-8(14)4-10(9)15/h2-4H,5-7H2,1H3,(H,17,18). The highest BCUT2D eigenvalue weighted by Gasteiger charge is 2.43. The van der Waals surface area contributed by atoms with Gasteiger partial charge in [0, 0.05) is 4.47 Å². The van der Waals surface area contributed by atoms with Gasteiger partial charge in [0.2, 0.25) is 0 Å². The minimum Gasteiger partial charge on any atom is -0.480 e. The van der Waals surface area contributed by atoms with Crippen LogP contribution in [0.1, 0.15) is 17.3 Å². The highest BCUT2D eigenvalue weighted by atomic mass is 79.9. The van der Waals surface area contributed by atoms with Crippen LogP contribution in [0, 0.1) is 5.82 Å². The van der Waals surface area contributed by atoms with E-state index < -0.39 is 29.9 Å². The summed E-state index contributed by atoms with van der Waals surface area (Å²) < 4.78 is 19.4. The summed E-state index contributed by atoms with van der Waals surface area (Å²) in [5, 5.41) is 8.55. The molecule has 0 unspecified atom stereocenters. The van der Waals surface area contributed by atoms with Gasteiger partial charge in [-0.3, -0.25) is 4.79 Å². The van der Waals surface area contributed by atoms with Gasteiger partial charge in [0.15, 0.2) is 0 Å². The van der Waals surface area contributed by atoms with E-state index in [1.165, 1.54) is 17.0 Å². The third-order valence-electron chi connectivity index (χ3n) is 3.04. The third-order valence-corrected chi connectivity index (χ3v) is 3.54. The average Bonchev–Trinajstić information content (AvgIpc) is 2.32. The van der Waals surface area contributed by atoms with E-state index in [4.69, 9.17) is 9.84 Å².